The van der Waals surface area contributed by atoms with E-state index in [1.807, 2.05) is 19.4 Å². The quantitative estimate of drug-likeness (QED) is 0.846. The highest BCUT2D eigenvalue weighted by Crippen LogP contribution is 2.26. The van der Waals surface area contributed by atoms with Crippen LogP contribution in [0.3, 0.4) is 0 Å². The molecule has 1 aromatic carbocycles. The summed E-state index contributed by atoms with van der Waals surface area (Å²) in [5.74, 6) is 0.547. The maximum absolute atomic E-state index is 4.32. The van der Waals surface area contributed by atoms with Gasteiger partial charge in [-0.25, -0.2) is 0 Å². The maximum Gasteiger partial charge on any atom is 0.0346 e. The summed E-state index contributed by atoms with van der Waals surface area (Å²) in [6.45, 7) is 3.31. The van der Waals surface area contributed by atoms with Crippen LogP contribution in [0.25, 0.3) is 10.8 Å². The Hall–Kier alpha value is -1.41. The zero-order valence-corrected chi connectivity index (χ0v) is 9.90. The molecule has 1 atom stereocenters. The summed E-state index contributed by atoms with van der Waals surface area (Å²) in [7, 11) is 1.99. The number of rotatable bonds is 4. The summed E-state index contributed by atoms with van der Waals surface area (Å²) in [6, 6.07) is 8.46. The third-order valence-corrected chi connectivity index (χ3v) is 3.06. The van der Waals surface area contributed by atoms with E-state index >= 15 is 0 Å². The fraction of sp³-hybridized carbons (Fsp3) is 0.357. The largest absolute Gasteiger partial charge is 0.320 e. The normalized spacial score (nSPS) is 12.9. The highest BCUT2D eigenvalue weighted by molar-refractivity contribution is 5.85. The minimum Gasteiger partial charge on any atom is -0.320 e. The van der Waals surface area contributed by atoms with Gasteiger partial charge in [-0.05, 0) is 36.9 Å². The Morgan fingerprint density at radius 2 is 2.06 bits per heavy atom. The molecular weight excluding hydrogens is 196 g/mol. The molecule has 1 unspecified atom stereocenters. The molecule has 84 valence electrons. The lowest BCUT2D eigenvalue weighted by Crippen LogP contribution is -2.11. The lowest BCUT2D eigenvalue weighted by molar-refractivity contribution is 0.638. The summed E-state index contributed by atoms with van der Waals surface area (Å²) in [4.78, 5) is 4.32. The molecule has 1 aromatic heterocycles. The van der Waals surface area contributed by atoms with Crippen LogP contribution in [0, 0.1) is 0 Å². The van der Waals surface area contributed by atoms with Crippen molar-refractivity contribution in [2.45, 2.75) is 19.3 Å². The summed E-state index contributed by atoms with van der Waals surface area (Å²) < 4.78 is 0. The molecule has 0 saturated heterocycles. The van der Waals surface area contributed by atoms with Crippen LogP contribution in [0.15, 0.2) is 36.7 Å². The van der Waals surface area contributed by atoms with Crippen molar-refractivity contribution in [2.75, 3.05) is 13.6 Å². The predicted octanol–water partition coefficient (Wildman–Crippen LogP) is 2.95. The average Bonchev–Trinajstić information content (AvgIpc) is 2.35. The van der Waals surface area contributed by atoms with E-state index in [4.69, 9.17) is 0 Å². The number of benzene rings is 1. The molecule has 0 aliphatic carbocycles. The second-order valence-electron chi connectivity index (χ2n) is 4.24. The van der Waals surface area contributed by atoms with Crippen molar-refractivity contribution in [3.63, 3.8) is 0 Å². The van der Waals surface area contributed by atoms with Crippen molar-refractivity contribution < 1.29 is 0 Å². The van der Waals surface area contributed by atoms with Crippen molar-refractivity contribution in [2.24, 2.45) is 0 Å². The van der Waals surface area contributed by atoms with Gasteiger partial charge in [0.2, 0.25) is 0 Å². The molecule has 0 fully saturated rings. The second kappa shape index (κ2) is 5.08. The van der Waals surface area contributed by atoms with E-state index in [0.717, 1.165) is 13.0 Å². The van der Waals surface area contributed by atoms with Gasteiger partial charge in [0.1, 0.15) is 0 Å². The standard InChI is InChI=1S/C14H18N2/c1-11(7-8-15-2)14-10-16-9-12-5-3-4-6-13(12)14/h3-6,9-11,15H,7-8H2,1-2H3. The highest BCUT2D eigenvalue weighted by atomic mass is 14.8. The number of hydrogen-bond donors (Lipinski definition) is 1. The lowest BCUT2D eigenvalue weighted by atomic mass is 9.95. The van der Waals surface area contributed by atoms with Gasteiger partial charge in [-0.2, -0.15) is 0 Å². The van der Waals surface area contributed by atoms with Gasteiger partial charge in [0.05, 0.1) is 0 Å². The summed E-state index contributed by atoms with van der Waals surface area (Å²) >= 11 is 0. The molecule has 1 N–H and O–H groups in total. The van der Waals surface area contributed by atoms with Gasteiger partial charge >= 0.3 is 0 Å². The molecule has 0 radical (unpaired) electrons. The monoisotopic (exact) mass is 214 g/mol. The molecule has 2 rings (SSSR count). The van der Waals surface area contributed by atoms with Gasteiger partial charge in [0.15, 0.2) is 0 Å². The number of nitrogens with one attached hydrogen (secondary N) is 1. The minimum absolute atomic E-state index is 0.547. The first-order valence-electron chi connectivity index (χ1n) is 5.80. The van der Waals surface area contributed by atoms with Crippen molar-refractivity contribution >= 4 is 10.8 Å². The fourth-order valence-electron chi connectivity index (χ4n) is 2.05. The van der Waals surface area contributed by atoms with Crippen molar-refractivity contribution in [1.29, 1.82) is 0 Å². The third kappa shape index (κ3) is 2.22. The van der Waals surface area contributed by atoms with E-state index in [1.165, 1.54) is 16.3 Å². The Bertz CT molecular complexity index is 460. The average molecular weight is 214 g/mol. The highest BCUT2D eigenvalue weighted by Gasteiger charge is 2.08. The van der Waals surface area contributed by atoms with E-state index in [2.05, 4.69) is 41.5 Å². The van der Waals surface area contributed by atoms with E-state index in [-0.39, 0.29) is 0 Å². The first-order valence-corrected chi connectivity index (χ1v) is 5.80. The molecule has 2 aromatic rings. The van der Waals surface area contributed by atoms with E-state index < -0.39 is 0 Å². The molecule has 16 heavy (non-hydrogen) atoms. The van der Waals surface area contributed by atoms with Crippen LogP contribution >= 0.6 is 0 Å². The van der Waals surface area contributed by atoms with E-state index in [9.17, 15) is 0 Å². The zero-order valence-electron chi connectivity index (χ0n) is 9.90. The Morgan fingerprint density at radius 3 is 2.88 bits per heavy atom. The topological polar surface area (TPSA) is 24.9 Å². The zero-order chi connectivity index (χ0) is 11.4. The van der Waals surface area contributed by atoms with Crippen LogP contribution in [-0.2, 0) is 0 Å². The molecule has 2 heteroatoms. The molecule has 0 bridgehead atoms. The van der Waals surface area contributed by atoms with Gasteiger partial charge in [-0.1, -0.05) is 31.2 Å². The Balaban J connectivity index is 2.36. The van der Waals surface area contributed by atoms with Crippen molar-refractivity contribution in [3.8, 4) is 0 Å². The molecule has 0 saturated carbocycles. The lowest BCUT2D eigenvalue weighted by Gasteiger charge is -2.13. The minimum atomic E-state index is 0.547. The van der Waals surface area contributed by atoms with Gasteiger partial charge in [0.25, 0.3) is 0 Å². The van der Waals surface area contributed by atoms with Crippen LogP contribution in [0.5, 0.6) is 0 Å². The molecule has 0 spiro atoms. The van der Waals surface area contributed by atoms with Gasteiger partial charge in [-0.3, -0.25) is 4.98 Å². The summed E-state index contributed by atoms with van der Waals surface area (Å²) in [6.07, 6.45) is 5.08. The van der Waals surface area contributed by atoms with E-state index in [1.54, 1.807) is 0 Å². The first-order chi connectivity index (χ1) is 7.83. The van der Waals surface area contributed by atoms with Gasteiger partial charge in [-0.15, -0.1) is 0 Å². The Labute approximate surface area is 96.7 Å². The number of fused-ring (bicyclic) bond motifs is 1. The predicted molar refractivity (Wildman–Crippen MR) is 68.7 cm³/mol. The summed E-state index contributed by atoms with van der Waals surface area (Å²) in [5.41, 5.74) is 1.35. The van der Waals surface area contributed by atoms with Gasteiger partial charge < -0.3 is 5.32 Å². The number of hydrogen-bond acceptors (Lipinski definition) is 2. The first kappa shape index (κ1) is 11.1. The Morgan fingerprint density at radius 1 is 1.25 bits per heavy atom. The van der Waals surface area contributed by atoms with Crippen molar-refractivity contribution in [1.82, 2.24) is 10.3 Å². The number of nitrogens with zero attached hydrogens (tertiary/aromatic N) is 1. The molecule has 0 amide bonds. The van der Waals surface area contributed by atoms with Crippen LogP contribution in [0.4, 0.5) is 0 Å². The Kier molecular flexibility index (Phi) is 3.52. The smallest absolute Gasteiger partial charge is 0.0346 e. The molecule has 0 aliphatic rings. The van der Waals surface area contributed by atoms with Crippen LogP contribution in [-0.4, -0.2) is 18.6 Å². The molecule has 2 nitrogen and oxygen atoms in total. The van der Waals surface area contributed by atoms with E-state index in [0.29, 0.717) is 5.92 Å². The second-order valence-corrected chi connectivity index (χ2v) is 4.24. The number of pyridine rings is 1. The SMILES string of the molecule is CNCCC(C)c1cncc2ccccc12. The molecule has 1 heterocycles. The van der Waals surface area contributed by atoms with Crippen LogP contribution in [0.2, 0.25) is 0 Å². The molecule has 0 aliphatic heterocycles. The van der Waals surface area contributed by atoms with Crippen LogP contribution in [0.1, 0.15) is 24.8 Å². The third-order valence-electron chi connectivity index (χ3n) is 3.06. The van der Waals surface area contributed by atoms with Crippen LogP contribution < -0.4 is 5.32 Å². The maximum atomic E-state index is 4.32. The number of aromatic nitrogens is 1. The van der Waals surface area contributed by atoms with Gasteiger partial charge in [0, 0.05) is 17.8 Å². The fourth-order valence-corrected chi connectivity index (χ4v) is 2.05. The van der Waals surface area contributed by atoms with Crippen molar-refractivity contribution in [3.05, 3.63) is 42.2 Å². The molecular formula is C14H18N2. The summed E-state index contributed by atoms with van der Waals surface area (Å²) in [5, 5.41) is 5.76.